The molecule has 0 bridgehead atoms. The Labute approximate surface area is 158 Å². The van der Waals surface area contributed by atoms with Crippen molar-refractivity contribution in [2.45, 2.75) is 39.5 Å². The third-order valence-corrected chi connectivity index (χ3v) is 4.87. The fourth-order valence-electron chi connectivity index (χ4n) is 3.62. The molecule has 1 aliphatic rings. The molecule has 0 saturated carbocycles. The van der Waals surface area contributed by atoms with Gasteiger partial charge in [0.05, 0.1) is 5.69 Å². The SMILES string of the molecule is Cc1cc(C)n(/C(=N\O)c2ccnc(Oc3cccc4c3CCCC4)c2)n1. The van der Waals surface area contributed by atoms with Crippen LogP contribution < -0.4 is 4.74 Å². The maximum Gasteiger partial charge on any atom is 0.219 e. The third kappa shape index (κ3) is 3.43. The Morgan fingerprint density at radius 3 is 2.78 bits per heavy atom. The van der Waals surface area contributed by atoms with E-state index in [2.05, 4.69) is 21.3 Å². The van der Waals surface area contributed by atoms with Crippen LogP contribution >= 0.6 is 0 Å². The van der Waals surface area contributed by atoms with E-state index in [1.165, 1.54) is 24.0 Å². The Morgan fingerprint density at radius 2 is 2.00 bits per heavy atom. The van der Waals surface area contributed by atoms with Gasteiger partial charge in [-0.3, -0.25) is 0 Å². The van der Waals surface area contributed by atoms with Crippen molar-refractivity contribution in [3.8, 4) is 11.6 Å². The maximum atomic E-state index is 9.57. The van der Waals surface area contributed by atoms with Crippen LogP contribution in [0.2, 0.25) is 0 Å². The van der Waals surface area contributed by atoms with Crippen molar-refractivity contribution in [3.05, 3.63) is 70.7 Å². The largest absolute Gasteiger partial charge is 0.439 e. The number of benzene rings is 1. The average molecular weight is 362 g/mol. The molecule has 138 valence electrons. The lowest BCUT2D eigenvalue weighted by Crippen LogP contribution is -2.17. The summed E-state index contributed by atoms with van der Waals surface area (Å²) in [6.07, 6.45) is 6.18. The molecule has 0 aliphatic heterocycles. The number of aryl methyl sites for hydroxylation is 3. The van der Waals surface area contributed by atoms with Crippen molar-refractivity contribution >= 4 is 5.84 Å². The highest BCUT2D eigenvalue weighted by Crippen LogP contribution is 2.32. The highest BCUT2D eigenvalue weighted by molar-refractivity contribution is 6.00. The summed E-state index contributed by atoms with van der Waals surface area (Å²) in [5.41, 5.74) is 5.05. The zero-order valence-electron chi connectivity index (χ0n) is 15.5. The van der Waals surface area contributed by atoms with Gasteiger partial charge in [0, 0.05) is 23.5 Å². The van der Waals surface area contributed by atoms with E-state index < -0.39 is 0 Å². The van der Waals surface area contributed by atoms with Crippen LogP contribution in [0.1, 0.15) is 40.9 Å². The topological polar surface area (TPSA) is 72.5 Å². The third-order valence-electron chi connectivity index (χ3n) is 4.87. The number of hydrogen-bond acceptors (Lipinski definition) is 5. The van der Waals surface area contributed by atoms with Gasteiger partial charge in [0.25, 0.3) is 0 Å². The summed E-state index contributed by atoms with van der Waals surface area (Å²) in [4.78, 5) is 4.33. The molecular weight excluding hydrogens is 340 g/mol. The summed E-state index contributed by atoms with van der Waals surface area (Å²) in [6.45, 7) is 3.82. The molecule has 27 heavy (non-hydrogen) atoms. The van der Waals surface area contributed by atoms with E-state index in [1.807, 2.05) is 32.0 Å². The van der Waals surface area contributed by atoms with Crippen LogP contribution in [-0.4, -0.2) is 25.8 Å². The van der Waals surface area contributed by atoms with Gasteiger partial charge < -0.3 is 9.94 Å². The van der Waals surface area contributed by atoms with Crippen molar-refractivity contribution in [1.29, 1.82) is 0 Å². The van der Waals surface area contributed by atoms with Crippen LogP contribution in [0.25, 0.3) is 0 Å². The minimum Gasteiger partial charge on any atom is -0.439 e. The number of nitrogens with zero attached hydrogens (tertiary/aromatic N) is 4. The molecule has 1 aliphatic carbocycles. The van der Waals surface area contributed by atoms with Crippen LogP contribution in [0.15, 0.2) is 47.8 Å². The Bertz CT molecular complexity index is 1010. The number of aromatic nitrogens is 3. The second kappa shape index (κ2) is 7.23. The van der Waals surface area contributed by atoms with Crippen molar-refractivity contribution < 1.29 is 9.94 Å². The van der Waals surface area contributed by atoms with E-state index in [-0.39, 0.29) is 0 Å². The van der Waals surface area contributed by atoms with E-state index in [4.69, 9.17) is 4.74 Å². The fraction of sp³-hybridized carbons (Fsp3) is 0.286. The molecule has 0 radical (unpaired) electrons. The number of oxime groups is 1. The molecule has 0 amide bonds. The molecule has 0 fully saturated rings. The number of hydrogen-bond donors (Lipinski definition) is 1. The molecule has 1 aromatic carbocycles. The van der Waals surface area contributed by atoms with Crippen LogP contribution in [-0.2, 0) is 12.8 Å². The van der Waals surface area contributed by atoms with E-state index in [9.17, 15) is 5.21 Å². The number of ether oxygens (including phenoxy) is 1. The Kier molecular flexibility index (Phi) is 4.62. The Hall–Kier alpha value is -3.15. The van der Waals surface area contributed by atoms with Crippen molar-refractivity contribution in [3.63, 3.8) is 0 Å². The Morgan fingerprint density at radius 1 is 1.15 bits per heavy atom. The second-order valence-electron chi connectivity index (χ2n) is 6.85. The summed E-state index contributed by atoms with van der Waals surface area (Å²) in [5, 5.41) is 17.4. The number of rotatable bonds is 3. The highest BCUT2D eigenvalue weighted by atomic mass is 16.5. The van der Waals surface area contributed by atoms with Crippen molar-refractivity contribution in [2.75, 3.05) is 0 Å². The lowest BCUT2D eigenvalue weighted by Gasteiger charge is -2.19. The Balaban J connectivity index is 1.66. The molecule has 0 unspecified atom stereocenters. The number of fused-ring (bicyclic) bond motifs is 1. The summed E-state index contributed by atoms with van der Waals surface area (Å²) >= 11 is 0. The first-order valence-corrected chi connectivity index (χ1v) is 9.16. The molecule has 1 N–H and O–H groups in total. The lowest BCUT2D eigenvalue weighted by molar-refractivity contribution is 0.316. The highest BCUT2D eigenvalue weighted by Gasteiger charge is 2.16. The predicted octanol–water partition coefficient (Wildman–Crippen LogP) is 4.25. The molecule has 0 atom stereocenters. The van der Waals surface area contributed by atoms with E-state index in [0.717, 1.165) is 30.0 Å². The first-order valence-electron chi connectivity index (χ1n) is 9.16. The standard InChI is InChI=1S/C21H22N4O2/c1-14-12-15(2)25(23-14)21(24-26)17-10-11-22-20(13-17)27-19-9-5-7-16-6-3-4-8-18(16)19/h5,7,9-13,26H,3-4,6,8H2,1-2H3/b24-21-. The minimum atomic E-state index is 0.336. The molecule has 2 heterocycles. The molecule has 3 aromatic rings. The van der Waals surface area contributed by atoms with E-state index in [1.54, 1.807) is 23.0 Å². The van der Waals surface area contributed by atoms with E-state index in [0.29, 0.717) is 17.3 Å². The first kappa shape index (κ1) is 17.3. The van der Waals surface area contributed by atoms with Crippen LogP contribution in [0.4, 0.5) is 0 Å². The summed E-state index contributed by atoms with van der Waals surface area (Å²) < 4.78 is 7.72. The first-order chi connectivity index (χ1) is 13.2. The molecule has 6 nitrogen and oxygen atoms in total. The maximum absolute atomic E-state index is 9.57. The summed E-state index contributed by atoms with van der Waals surface area (Å²) in [7, 11) is 0. The minimum absolute atomic E-state index is 0.336. The van der Waals surface area contributed by atoms with Gasteiger partial charge in [0.2, 0.25) is 5.88 Å². The molecule has 2 aromatic heterocycles. The smallest absolute Gasteiger partial charge is 0.219 e. The zero-order valence-corrected chi connectivity index (χ0v) is 15.5. The van der Waals surface area contributed by atoms with Gasteiger partial charge in [-0.2, -0.15) is 5.10 Å². The van der Waals surface area contributed by atoms with Gasteiger partial charge in [-0.05, 0) is 68.9 Å². The van der Waals surface area contributed by atoms with Gasteiger partial charge in [0.15, 0.2) is 5.84 Å². The summed E-state index contributed by atoms with van der Waals surface area (Å²) in [5.74, 6) is 1.66. The molecular formula is C21H22N4O2. The van der Waals surface area contributed by atoms with E-state index >= 15 is 0 Å². The molecule has 4 rings (SSSR count). The van der Waals surface area contributed by atoms with Crippen LogP contribution in [0, 0.1) is 13.8 Å². The van der Waals surface area contributed by atoms with Crippen molar-refractivity contribution in [1.82, 2.24) is 14.8 Å². The molecule has 0 spiro atoms. The van der Waals surface area contributed by atoms with Crippen LogP contribution in [0.5, 0.6) is 11.6 Å². The van der Waals surface area contributed by atoms with Gasteiger partial charge in [-0.1, -0.05) is 17.3 Å². The monoisotopic (exact) mass is 362 g/mol. The summed E-state index contributed by atoms with van der Waals surface area (Å²) in [6, 6.07) is 11.7. The molecule has 6 heteroatoms. The lowest BCUT2D eigenvalue weighted by atomic mass is 9.91. The number of pyridine rings is 1. The average Bonchev–Trinajstić information content (AvgIpc) is 3.01. The molecule has 0 saturated heterocycles. The fourth-order valence-corrected chi connectivity index (χ4v) is 3.62. The predicted molar refractivity (Wildman–Crippen MR) is 103 cm³/mol. The van der Waals surface area contributed by atoms with Gasteiger partial charge in [-0.15, -0.1) is 0 Å². The van der Waals surface area contributed by atoms with Crippen molar-refractivity contribution in [2.24, 2.45) is 5.16 Å². The second-order valence-corrected chi connectivity index (χ2v) is 6.85. The van der Waals surface area contributed by atoms with Crippen LogP contribution in [0.3, 0.4) is 0 Å². The quantitative estimate of drug-likeness (QED) is 0.327. The van der Waals surface area contributed by atoms with Gasteiger partial charge >= 0.3 is 0 Å². The van der Waals surface area contributed by atoms with Gasteiger partial charge in [-0.25, -0.2) is 9.67 Å². The normalized spacial score (nSPS) is 14.1. The zero-order chi connectivity index (χ0) is 18.8. The van der Waals surface area contributed by atoms with Gasteiger partial charge in [0.1, 0.15) is 5.75 Å².